The summed E-state index contributed by atoms with van der Waals surface area (Å²) in [6, 6.07) is 2.12. The molecular formula is C14H19F3N4O. The Morgan fingerprint density at radius 3 is 2.73 bits per heavy atom. The van der Waals surface area contributed by atoms with Crippen molar-refractivity contribution in [3.05, 3.63) is 36.5 Å². The summed E-state index contributed by atoms with van der Waals surface area (Å²) in [4.78, 5) is 7.85. The van der Waals surface area contributed by atoms with Gasteiger partial charge >= 0.3 is 6.18 Å². The normalized spacial score (nSPS) is 11.9. The van der Waals surface area contributed by atoms with Gasteiger partial charge in [0.2, 0.25) is 5.88 Å². The zero-order valence-electron chi connectivity index (χ0n) is 12.3. The predicted octanol–water partition coefficient (Wildman–Crippen LogP) is 2.22. The lowest BCUT2D eigenvalue weighted by molar-refractivity contribution is -0.137. The molecule has 2 N–H and O–H groups in total. The van der Waals surface area contributed by atoms with Crippen LogP contribution >= 0.6 is 0 Å². The van der Waals surface area contributed by atoms with Crippen LogP contribution in [0.25, 0.3) is 0 Å². The fourth-order valence-electron chi connectivity index (χ4n) is 1.45. The van der Waals surface area contributed by atoms with Crippen molar-refractivity contribution in [1.29, 1.82) is 0 Å². The Labute approximate surface area is 127 Å². The van der Waals surface area contributed by atoms with Gasteiger partial charge in [0.05, 0.1) is 12.1 Å². The third-order valence-electron chi connectivity index (χ3n) is 2.43. The van der Waals surface area contributed by atoms with Crippen molar-refractivity contribution in [2.75, 3.05) is 26.2 Å². The third kappa shape index (κ3) is 6.47. The van der Waals surface area contributed by atoms with E-state index in [-0.39, 0.29) is 12.5 Å². The van der Waals surface area contributed by atoms with Crippen LogP contribution < -0.4 is 15.4 Å². The molecule has 0 saturated carbocycles. The minimum absolute atomic E-state index is 0.132. The van der Waals surface area contributed by atoms with Gasteiger partial charge in [0.1, 0.15) is 6.61 Å². The molecule has 1 aromatic heterocycles. The molecule has 22 heavy (non-hydrogen) atoms. The number of guanidine groups is 1. The van der Waals surface area contributed by atoms with Gasteiger partial charge in [-0.15, -0.1) is 6.58 Å². The van der Waals surface area contributed by atoms with Crippen molar-refractivity contribution in [2.24, 2.45) is 4.99 Å². The van der Waals surface area contributed by atoms with Crippen molar-refractivity contribution >= 4 is 5.96 Å². The molecule has 0 radical (unpaired) electrons. The Morgan fingerprint density at radius 1 is 1.41 bits per heavy atom. The first-order valence-corrected chi connectivity index (χ1v) is 6.76. The van der Waals surface area contributed by atoms with Crippen LogP contribution in [0.1, 0.15) is 12.5 Å². The summed E-state index contributed by atoms with van der Waals surface area (Å²) in [5.41, 5.74) is -0.805. The van der Waals surface area contributed by atoms with Gasteiger partial charge < -0.3 is 15.4 Å². The van der Waals surface area contributed by atoms with Crippen molar-refractivity contribution in [3.63, 3.8) is 0 Å². The highest BCUT2D eigenvalue weighted by molar-refractivity contribution is 5.79. The highest BCUT2D eigenvalue weighted by Gasteiger charge is 2.30. The van der Waals surface area contributed by atoms with Gasteiger partial charge in [0, 0.05) is 25.4 Å². The molecule has 0 unspecified atom stereocenters. The summed E-state index contributed by atoms with van der Waals surface area (Å²) >= 11 is 0. The second-order valence-corrected chi connectivity index (χ2v) is 4.16. The van der Waals surface area contributed by atoms with Gasteiger partial charge in [-0.25, -0.2) is 9.98 Å². The number of ether oxygens (including phenoxy) is 1. The molecule has 0 bridgehead atoms. The first-order chi connectivity index (χ1) is 10.5. The van der Waals surface area contributed by atoms with E-state index < -0.39 is 11.7 Å². The number of hydrogen-bond acceptors (Lipinski definition) is 3. The Hall–Kier alpha value is -2.25. The van der Waals surface area contributed by atoms with Crippen LogP contribution in [0, 0.1) is 0 Å². The quantitative estimate of drug-likeness (QED) is 0.350. The van der Waals surface area contributed by atoms with Crippen LogP contribution in [-0.4, -0.2) is 37.2 Å². The minimum atomic E-state index is -4.40. The van der Waals surface area contributed by atoms with Crippen molar-refractivity contribution < 1.29 is 17.9 Å². The number of aromatic nitrogens is 1. The molecule has 0 aliphatic carbocycles. The summed E-state index contributed by atoms with van der Waals surface area (Å²) in [5, 5.41) is 6.05. The van der Waals surface area contributed by atoms with Crippen LogP contribution in [0.15, 0.2) is 36.0 Å². The largest absolute Gasteiger partial charge is 0.476 e. The Morgan fingerprint density at radius 2 is 2.18 bits per heavy atom. The lowest BCUT2D eigenvalue weighted by Gasteiger charge is -2.10. The summed E-state index contributed by atoms with van der Waals surface area (Å²) in [6.07, 6.45) is -1.95. The van der Waals surface area contributed by atoms with E-state index in [9.17, 15) is 13.2 Å². The van der Waals surface area contributed by atoms with Crippen LogP contribution in [-0.2, 0) is 6.18 Å². The van der Waals surface area contributed by atoms with Gasteiger partial charge in [0.15, 0.2) is 5.96 Å². The van der Waals surface area contributed by atoms with E-state index in [4.69, 9.17) is 4.74 Å². The molecule has 0 spiro atoms. The Kier molecular flexibility index (Phi) is 7.21. The number of pyridine rings is 1. The second kappa shape index (κ2) is 8.91. The molecular weight excluding hydrogens is 297 g/mol. The van der Waals surface area contributed by atoms with Gasteiger partial charge in [-0.3, -0.25) is 0 Å². The first-order valence-electron chi connectivity index (χ1n) is 6.76. The minimum Gasteiger partial charge on any atom is -0.476 e. The van der Waals surface area contributed by atoms with E-state index in [2.05, 4.69) is 27.2 Å². The molecule has 122 valence electrons. The van der Waals surface area contributed by atoms with Gasteiger partial charge in [-0.1, -0.05) is 6.08 Å². The topological polar surface area (TPSA) is 58.5 Å². The fraction of sp³-hybridized carbons (Fsp3) is 0.429. The van der Waals surface area contributed by atoms with E-state index in [1.807, 2.05) is 6.92 Å². The maximum Gasteiger partial charge on any atom is 0.417 e. The molecule has 0 aliphatic rings. The molecule has 5 nitrogen and oxygen atoms in total. The number of rotatable bonds is 7. The molecule has 0 saturated heterocycles. The van der Waals surface area contributed by atoms with Crippen molar-refractivity contribution in [3.8, 4) is 5.88 Å². The molecule has 8 heteroatoms. The molecule has 0 atom stereocenters. The molecule has 0 aliphatic heterocycles. The zero-order valence-corrected chi connectivity index (χ0v) is 12.3. The van der Waals surface area contributed by atoms with Crippen molar-refractivity contribution in [2.45, 2.75) is 13.1 Å². The standard InChI is InChI=1S/C14H19F3N4O/c1-3-7-19-13(18-4-2)20-8-9-22-12-6-5-11(10-21-12)14(15,16)17/h3,5-6,10H,1,4,7-9H2,2H3,(H2,18,19,20). The molecule has 1 rings (SSSR count). The Balaban J connectivity index is 2.44. The first kappa shape index (κ1) is 17.8. The van der Waals surface area contributed by atoms with Crippen LogP contribution in [0.4, 0.5) is 13.2 Å². The number of aliphatic imine (C=N–C) groups is 1. The fourth-order valence-corrected chi connectivity index (χ4v) is 1.45. The number of hydrogen-bond donors (Lipinski definition) is 2. The lowest BCUT2D eigenvalue weighted by atomic mass is 10.3. The predicted molar refractivity (Wildman–Crippen MR) is 78.9 cm³/mol. The molecule has 0 aromatic carbocycles. The maximum atomic E-state index is 12.4. The maximum absolute atomic E-state index is 12.4. The zero-order chi connectivity index (χ0) is 16.4. The number of nitrogens with one attached hydrogen (secondary N) is 2. The summed E-state index contributed by atoms with van der Waals surface area (Å²) in [5.74, 6) is 0.749. The van der Waals surface area contributed by atoms with Gasteiger partial charge in [0.25, 0.3) is 0 Å². The van der Waals surface area contributed by atoms with E-state index >= 15 is 0 Å². The molecule has 0 amide bonds. The smallest absolute Gasteiger partial charge is 0.417 e. The molecule has 1 aromatic rings. The van der Waals surface area contributed by atoms with E-state index in [0.29, 0.717) is 25.6 Å². The summed E-state index contributed by atoms with van der Waals surface area (Å²) in [6.45, 7) is 7.38. The number of alkyl halides is 3. The molecule has 1 heterocycles. The SMILES string of the molecule is C=CCNC(=NCCOc1ccc(C(F)(F)F)cn1)NCC. The second-order valence-electron chi connectivity index (χ2n) is 4.16. The lowest BCUT2D eigenvalue weighted by Crippen LogP contribution is -2.37. The monoisotopic (exact) mass is 316 g/mol. The van der Waals surface area contributed by atoms with Gasteiger partial charge in [-0.05, 0) is 13.0 Å². The summed E-state index contributed by atoms with van der Waals surface area (Å²) < 4.78 is 42.4. The highest BCUT2D eigenvalue weighted by Crippen LogP contribution is 2.29. The average molecular weight is 316 g/mol. The highest BCUT2D eigenvalue weighted by atomic mass is 19.4. The van der Waals surface area contributed by atoms with Crippen LogP contribution in [0.5, 0.6) is 5.88 Å². The van der Waals surface area contributed by atoms with Crippen LogP contribution in [0.2, 0.25) is 0 Å². The number of halogens is 3. The Bertz CT molecular complexity index is 486. The van der Waals surface area contributed by atoms with E-state index in [0.717, 1.165) is 12.3 Å². The van der Waals surface area contributed by atoms with E-state index in [1.54, 1.807) is 6.08 Å². The van der Waals surface area contributed by atoms with Crippen LogP contribution in [0.3, 0.4) is 0 Å². The average Bonchev–Trinajstić information content (AvgIpc) is 2.48. The van der Waals surface area contributed by atoms with Gasteiger partial charge in [-0.2, -0.15) is 13.2 Å². The van der Waals surface area contributed by atoms with Crippen molar-refractivity contribution in [1.82, 2.24) is 15.6 Å². The van der Waals surface area contributed by atoms with E-state index in [1.165, 1.54) is 6.07 Å². The third-order valence-corrected chi connectivity index (χ3v) is 2.43. The summed E-state index contributed by atoms with van der Waals surface area (Å²) in [7, 11) is 0. The number of nitrogens with zero attached hydrogens (tertiary/aromatic N) is 2. The molecule has 0 fully saturated rings.